The van der Waals surface area contributed by atoms with Crippen LogP contribution in [0.25, 0.3) is 0 Å². The van der Waals surface area contributed by atoms with Crippen molar-refractivity contribution in [3.05, 3.63) is 35.9 Å². The predicted molar refractivity (Wildman–Crippen MR) is 96.9 cm³/mol. The van der Waals surface area contributed by atoms with Crippen molar-refractivity contribution >= 4 is 6.03 Å². The Morgan fingerprint density at radius 1 is 1.08 bits per heavy atom. The second-order valence-electron chi connectivity index (χ2n) is 7.31. The third-order valence-electron chi connectivity index (χ3n) is 5.14. The average molecular weight is 330 g/mol. The van der Waals surface area contributed by atoms with Crippen molar-refractivity contribution in [3.8, 4) is 0 Å². The van der Waals surface area contributed by atoms with Crippen LogP contribution in [0, 0.1) is 0 Å². The number of nitrogens with one attached hydrogen (secondary N) is 1. The first-order chi connectivity index (χ1) is 11.6. The Hall–Kier alpha value is -1.59. The Morgan fingerprint density at radius 3 is 2.42 bits per heavy atom. The molecule has 0 saturated carbocycles. The summed E-state index contributed by atoms with van der Waals surface area (Å²) in [5.41, 5.74) is 1.40. The first-order valence-electron chi connectivity index (χ1n) is 9.10. The summed E-state index contributed by atoms with van der Waals surface area (Å²) < 4.78 is 0. The fourth-order valence-corrected chi connectivity index (χ4v) is 3.81. The van der Waals surface area contributed by atoms with Gasteiger partial charge in [0.2, 0.25) is 0 Å². The number of piperidine rings is 1. The fourth-order valence-electron chi connectivity index (χ4n) is 3.81. The summed E-state index contributed by atoms with van der Waals surface area (Å²) in [7, 11) is 3.65. The standard InChI is InChI=1S/C19H30N4O/c1-21(2)19(24)23-12-9-17(10-13-23)20-18-8-11-22(15-18)14-16-6-4-3-5-7-16/h3-7,17-18,20H,8-15H2,1-2H3. The number of carbonyl (C=O) groups is 1. The molecule has 2 aliphatic rings. The van der Waals surface area contributed by atoms with Gasteiger partial charge in [0.1, 0.15) is 0 Å². The highest BCUT2D eigenvalue weighted by atomic mass is 16.2. The molecule has 2 heterocycles. The van der Waals surface area contributed by atoms with Gasteiger partial charge < -0.3 is 15.1 Å². The molecule has 0 aromatic heterocycles. The molecular weight excluding hydrogens is 300 g/mol. The van der Waals surface area contributed by atoms with E-state index in [-0.39, 0.29) is 6.03 Å². The maximum Gasteiger partial charge on any atom is 0.319 e. The highest BCUT2D eigenvalue weighted by Gasteiger charge is 2.28. The van der Waals surface area contributed by atoms with Crippen LogP contribution in [0.3, 0.4) is 0 Å². The maximum absolute atomic E-state index is 12.0. The quantitative estimate of drug-likeness (QED) is 0.918. The molecule has 5 heteroatoms. The van der Waals surface area contributed by atoms with Crippen molar-refractivity contribution in [1.82, 2.24) is 20.0 Å². The smallest absolute Gasteiger partial charge is 0.319 e. The molecule has 3 rings (SSSR count). The zero-order chi connectivity index (χ0) is 16.9. The zero-order valence-electron chi connectivity index (χ0n) is 14.9. The lowest BCUT2D eigenvalue weighted by molar-refractivity contribution is 0.150. The van der Waals surface area contributed by atoms with Crippen LogP contribution in [0.15, 0.2) is 30.3 Å². The average Bonchev–Trinajstić information content (AvgIpc) is 3.02. The predicted octanol–water partition coefficient (Wildman–Crippen LogP) is 2.00. The van der Waals surface area contributed by atoms with Crippen LogP contribution in [0.1, 0.15) is 24.8 Å². The van der Waals surface area contributed by atoms with E-state index >= 15 is 0 Å². The number of likely N-dealkylation sites (tertiary alicyclic amines) is 2. The van der Waals surface area contributed by atoms with E-state index < -0.39 is 0 Å². The highest BCUT2D eigenvalue weighted by molar-refractivity contribution is 5.73. The minimum atomic E-state index is 0.142. The SMILES string of the molecule is CN(C)C(=O)N1CCC(NC2CCN(Cc3ccccc3)C2)CC1. The van der Waals surface area contributed by atoms with Crippen molar-refractivity contribution in [3.63, 3.8) is 0 Å². The molecule has 2 fully saturated rings. The number of hydrogen-bond donors (Lipinski definition) is 1. The van der Waals surface area contributed by atoms with Gasteiger partial charge >= 0.3 is 6.03 Å². The molecule has 132 valence electrons. The van der Waals surface area contributed by atoms with Crippen molar-refractivity contribution in [2.75, 3.05) is 40.3 Å². The number of hydrogen-bond acceptors (Lipinski definition) is 3. The lowest BCUT2D eigenvalue weighted by Gasteiger charge is -2.35. The van der Waals surface area contributed by atoms with Crippen LogP contribution in [0.2, 0.25) is 0 Å². The zero-order valence-corrected chi connectivity index (χ0v) is 14.9. The van der Waals surface area contributed by atoms with Gasteiger partial charge in [-0.05, 0) is 24.8 Å². The van der Waals surface area contributed by atoms with Gasteiger partial charge in [-0.15, -0.1) is 0 Å². The monoisotopic (exact) mass is 330 g/mol. The van der Waals surface area contributed by atoms with Gasteiger partial charge in [-0.3, -0.25) is 4.90 Å². The first-order valence-corrected chi connectivity index (χ1v) is 9.10. The van der Waals surface area contributed by atoms with E-state index in [4.69, 9.17) is 0 Å². The molecular formula is C19H30N4O. The van der Waals surface area contributed by atoms with Crippen LogP contribution in [-0.4, -0.2) is 73.1 Å². The Bertz CT molecular complexity index is 525. The van der Waals surface area contributed by atoms with Gasteiger partial charge in [-0.1, -0.05) is 30.3 Å². The largest absolute Gasteiger partial charge is 0.331 e. The molecule has 1 unspecified atom stereocenters. The van der Waals surface area contributed by atoms with Gasteiger partial charge in [0, 0.05) is 58.9 Å². The molecule has 24 heavy (non-hydrogen) atoms. The minimum Gasteiger partial charge on any atom is -0.331 e. The molecule has 1 N–H and O–H groups in total. The summed E-state index contributed by atoms with van der Waals surface area (Å²) in [6.07, 6.45) is 3.35. The van der Waals surface area contributed by atoms with E-state index in [0.717, 1.165) is 39.0 Å². The molecule has 0 radical (unpaired) electrons. The molecule has 2 aliphatic heterocycles. The van der Waals surface area contributed by atoms with Crippen LogP contribution in [0.5, 0.6) is 0 Å². The molecule has 1 aromatic carbocycles. The number of benzene rings is 1. The molecule has 5 nitrogen and oxygen atoms in total. The lowest BCUT2D eigenvalue weighted by atomic mass is 10.0. The summed E-state index contributed by atoms with van der Waals surface area (Å²) in [5.74, 6) is 0. The molecule has 0 spiro atoms. The van der Waals surface area contributed by atoms with E-state index in [9.17, 15) is 4.79 Å². The van der Waals surface area contributed by atoms with Crippen LogP contribution >= 0.6 is 0 Å². The Morgan fingerprint density at radius 2 is 1.75 bits per heavy atom. The summed E-state index contributed by atoms with van der Waals surface area (Å²) >= 11 is 0. The fraction of sp³-hybridized carbons (Fsp3) is 0.632. The number of rotatable bonds is 4. The summed E-state index contributed by atoms with van der Waals surface area (Å²) in [4.78, 5) is 18.2. The lowest BCUT2D eigenvalue weighted by Crippen LogP contribution is -2.50. The third-order valence-corrected chi connectivity index (χ3v) is 5.14. The van der Waals surface area contributed by atoms with Crippen LogP contribution in [-0.2, 0) is 6.54 Å². The molecule has 1 atom stereocenters. The maximum atomic E-state index is 12.0. The summed E-state index contributed by atoms with van der Waals surface area (Å²) in [6, 6.07) is 12.0. The number of carbonyl (C=O) groups excluding carboxylic acids is 1. The third kappa shape index (κ3) is 4.48. The van der Waals surface area contributed by atoms with E-state index in [1.54, 1.807) is 4.90 Å². The van der Waals surface area contributed by atoms with Gasteiger partial charge in [-0.2, -0.15) is 0 Å². The minimum absolute atomic E-state index is 0.142. The normalized spacial score (nSPS) is 22.8. The van der Waals surface area contributed by atoms with Crippen molar-refractivity contribution in [2.45, 2.75) is 37.9 Å². The molecule has 0 aliphatic carbocycles. The van der Waals surface area contributed by atoms with Gasteiger partial charge in [0.15, 0.2) is 0 Å². The van der Waals surface area contributed by atoms with Crippen molar-refractivity contribution in [2.24, 2.45) is 0 Å². The highest BCUT2D eigenvalue weighted by Crippen LogP contribution is 2.17. The Kier molecular flexibility index (Phi) is 5.74. The Labute approximate surface area is 145 Å². The Balaban J connectivity index is 1.40. The van der Waals surface area contributed by atoms with Gasteiger partial charge in [0.05, 0.1) is 0 Å². The van der Waals surface area contributed by atoms with E-state index in [2.05, 4.69) is 40.5 Å². The molecule has 2 amide bonds. The van der Waals surface area contributed by atoms with Gasteiger partial charge in [-0.25, -0.2) is 4.79 Å². The van der Waals surface area contributed by atoms with Gasteiger partial charge in [0.25, 0.3) is 0 Å². The van der Waals surface area contributed by atoms with Crippen LogP contribution in [0.4, 0.5) is 4.79 Å². The van der Waals surface area contributed by atoms with E-state index in [1.807, 2.05) is 19.0 Å². The molecule has 1 aromatic rings. The van der Waals surface area contributed by atoms with Crippen molar-refractivity contribution in [1.29, 1.82) is 0 Å². The van der Waals surface area contributed by atoms with Crippen molar-refractivity contribution < 1.29 is 4.79 Å². The molecule has 2 saturated heterocycles. The topological polar surface area (TPSA) is 38.8 Å². The van der Waals surface area contributed by atoms with E-state index in [0.29, 0.717) is 12.1 Å². The second-order valence-corrected chi connectivity index (χ2v) is 7.31. The number of nitrogens with zero attached hydrogens (tertiary/aromatic N) is 3. The first kappa shape index (κ1) is 17.2. The number of amides is 2. The summed E-state index contributed by atoms with van der Waals surface area (Å²) in [5, 5.41) is 3.83. The summed E-state index contributed by atoms with van der Waals surface area (Å²) in [6.45, 7) is 5.09. The van der Waals surface area contributed by atoms with Crippen LogP contribution < -0.4 is 5.32 Å². The molecule has 0 bridgehead atoms. The number of urea groups is 1. The van der Waals surface area contributed by atoms with E-state index in [1.165, 1.54) is 18.5 Å². The second kappa shape index (κ2) is 7.99.